The number of hydrogen-bond donors (Lipinski definition) is 3. The zero-order chi connectivity index (χ0) is 10.4. The maximum atomic E-state index is 9.08. The zero-order valence-electron chi connectivity index (χ0n) is 7.78. The summed E-state index contributed by atoms with van der Waals surface area (Å²) in [7, 11) is 0. The Morgan fingerprint density at radius 1 is 1.36 bits per heavy atom. The first-order valence-electron chi connectivity index (χ1n) is 4.47. The van der Waals surface area contributed by atoms with E-state index in [-0.39, 0.29) is 6.61 Å². The highest BCUT2D eigenvalue weighted by atomic mass is 79.9. The molecule has 4 heteroatoms. The van der Waals surface area contributed by atoms with Gasteiger partial charge >= 0.3 is 0 Å². The van der Waals surface area contributed by atoms with Gasteiger partial charge in [-0.05, 0) is 11.6 Å². The first-order chi connectivity index (χ1) is 6.74. The summed E-state index contributed by atoms with van der Waals surface area (Å²) < 4.78 is 1.05. The number of nitrogens with one attached hydrogen (secondary N) is 1. The van der Waals surface area contributed by atoms with Crippen molar-refractivity contribution in [1.29, 1.82) is 0 Å². The summed E-state index contributed by atoms with van der Waals surface area (Å²) in [4.78, 5) is 0. The van der Waals surface area contributed by atoms with Gasteiger partial charge in [0.2, 0.25) is 0 Å². The van der Waals surface area contributed by atoms with Crippen LogP contribution in [0.4, 0.5) is 0 Å². The van der Waals surface area contributed by atoms with Crippen molar-refractivity contribution < 1.29 is 10.2 Å². The van der Waals surface area contributed by atoms with Crippen molar-refractivity contribution in [3.8, 4) is 0 Å². The van der Waals surface area contributed by atoms with Crippen molar-refractivity contribution in [1.82, 2.24) is 5.32 Å². The van der Waals surface area contributed by atoms with Crippen LogP contribution >= 0.6 is 15.9 Å². The molecular weight excluding hydrogens is 246 g/mol. The van der Waals surface area contributed by atoms with Gasteiger partial charge in [-0.15, -0.1) is 0 Å². The Balaban J connectivity index is 2.35. The Bertz CT molecular complexity index is 281. The second kappa shape index (κ2) is 6.14. The fourth-order valence-corrected chi connectivity index (χ4v) is 1.50. The molecule has 0 bridgehead atoms. The molecule has 0 aromatic heterocycles. The molecule has 0 aliphatic heterocycles. The molecule has 3 N–H and O–H groups in total. The van der Waals surface area contributed by atoms with Crippen LogP contribution in [0.25, 0.3) is 0 Å². The average Bonchev–Trinajstić information content (AvgIpc) is 2.20. The molecule has 1 atom stereocenters. The minimum Gasteiger partial charge on any atom is -0.394 e. The topological polar surface area (TPSA) is 52.5 Å². The van der Waals surface area contributed by atoms with E-state index in [0.29, 0.717) is 13.1 Å². The largest absolute Gasteiger partial charge is 0.394 e. The van der Waals surface area contributed by atoms with Crippen LogP contribution in [0.2, 0.25) is 0 Å². The van der Waals surface area contributed by atoms with Crippen molar-refractivity contribution in [2.75, 3.05) is 13.2 Å². The van der Waals surface area contributed by atoms with Crippen molar-refractivity contribution >= 4 is 15.9 Å². The van der Waals surface area contributed by atoms with Gasteiger partial charge in [0.1, 0.15) is 0 Å². The quantitative estimate of drug-likeness (QED) is 0.737. The summed E-state index contributed by atoms with van der Waals surface area (Å²) in [5.74, 6) is 0. The third-order valence-electron chi connectivity index (χ3n) is 1.86. The van der Waals surface area contributed by atoms with Crippen molar-refractivity contribution in [3.05, 3.63) is 34.3 Å². The molecule has 0 spiro atoms. The Kier molecular flexibility index (Phi) is 5.11. The second-order valence-corrected chi connectivity index (χ2v) is 3.91. The summed E-state index contributed by atoms with van der Waals surface area (Å²) in [5, 5.41) is 20.7. The molecule has 0 heterocycles. The molecule has 0 fully saturated rings. The standard InChI is InChI=1S/C10H14BrNO2/c11-10-4-2-1-3-8(10)5-12-6-9(14)7-13/h1-4,9,12-14H,5-7H2/t9-/m0/s1. The van der Waals surface area contributed by atoms with Gasteiger partial charge in [0.05, 0.1) is 12.7 Å². The predicted octanol–water partition coefficient (Wildman–Crippen LogP) is 0.892. The van der Waals surface area contributed by atoms with E-state index >= 15 is 0 Å². The third-order valence-corrected chi connectivity index (χ3v) is 2.64. The van der Waals surface area contributed by atoms with E-state index in [9.17, 15) is 0 Å². The van der Waals surface area contributed by atoms with Crippen LogP contribution in [0.15, 0.2) is 28.7 Å². The first-order valence-corrected chi connectivity index (χ1v) is 5.26. The van der Waals surface area contributed by atoms with E-state index in [4.69, 9.17) is 10.2 Å². The van der Waals surface area contributed by atoms with Crippen molar-refractivity contribution in [3.63, 3.8) is 0 Å². The molecule has 0 unspecified atom stereocenters. The number of hydrogen-bond acceptors (Lipinski definition) is 3. The van der Waals surface area contributed by atoms with Crippen molar-refractivity contribution in [2.45, 2.75) is 12.6 Å². The molecular formula is C10H14BrNO2. The molecule has 0 radical (unpaired) electrons. The molecule has 1 aromatic carbocycles. The maximum Gasteiger partial charge on any atom is 0.0895 e. The molecule has 0 amide bonds. The molecule has 1 aromatic rings. The smallest absolute Gasteiger partial charge is 0.0895 e. The summed E-state index contributed by atoms with van der Waals surface area (Å²) >= 11 is 3.43. The lowest BCUT2D eigenvalue weighted by Gasteiger charge is -2.09. The summed E-state index contributed by atoms with van der Waals surface area (Å²) in [5.41, 5.74) is 1.14. The van der Waals surface area contributed by atoms with Gasteiger partial charge in [-0.1, -0.05) is 34.1 Å². The Morgan fingerprint density at radius 2 is 2.07 bits per heavy atom. The number of benzene rings is 1. The van der Waals surface area contributed by atoms with Gasteiger partial charge in [-0.3, -0.25) is 0 Å². The van der Waals surface area contributed by atoms with Crippen LogP contribution in [0.3, 0.4) is 0 Å². The van der Waals surface area contributed by atoms with E-state index in [1.54, 1.807) is 0 Å². The van der Waals surface area contributed by atoms with E-state index in [1.807, 2.05) is 24.3 Å². The Morgan fingerprint density at radius 3 is 2.71 bits per heavy atom. The lowest BCUT2D eigenvalue weighted by atomic mass is 10.2. The molecule has 1 rings (SSSR count). The van der Waals surface area contributed by atoms with Gasteiger partial charge < -0.3 is 15.5 Å². The lowest BCUT2D eigenvalue weighted by Crippen LogP contribution is -2.28. The maximum absolute atomic E-state index is 9.08. The van der Waals surface area contributed by atoms with Crippen molar-refractivity contribution in [2.24, 2.45) is 0 Å². The SMILES string of the molecule is OC[C@@H](O)CNCc1ccccc1Br. The molecule has 0 saturated heterocycles. The number of aliphatic hydroxyl groups excluding tert-OH is 2. The number of aliphatic hydroxyl groups is 2. The monoisotopic (exact) mass is 259 g/mol. The highest BCUT2D eigenvalue weighted by Gasteiger charge is 2.01. The molecule has 14 heavy (non-hydrogen) atoms. The third kappa shape index (κ3) is 3.75. The molecule has 0 aliphatic rings. The predicted molar refractivity (Wildman–Crippen MR) is 58.9 cm³/mol. The normalized spacial score (nSPS) is 12.8. The summed E-state index contributed by atoms with van der Waals surface area (Å²) in [6.45, 7) is 0.874. The highest BCUT2D eigenvalue weighted by molar-refractivity contribution is 9.10. The van der Waals surface area contributed by atoms with E-state index in [0.717, 1.165) is 10.0 Å². The van der Waals surface area contributed by atoms with Gasteiger partial charge in [0.25, 0.3) is 0 Å². The van der Waals surface area contributed by atoms with Crippen LogP contribution < -0.4 is 5.32 Å². The van der Waals surface area contributed by atoms with Crippen LogP contribution in [0.1, 0.15) is 5.56 Å². The number of rotatable bonds is 5. The zero-order valence-corrected chi connectivity index (χ0v) is 9.37. The summed E-state index contributed by atoms with van der Waals surface area (Å²) in [6, 6.07) is 7.89. The van der Waals surface area contributed by atoms with Gasteiger partial charge in [-0.25, -0.2) is 0 Å². The fraction of sp³-hybridized carbons (Fsp3) is 0.400. The molecule has 0 aliphatic carbocycles. The van der Waals surface area contributed by atoms with E-state index in [1.165, 1.54) is 0 Å². The average molecular weight is 260 g/mol. The Hall–Kier alpha value is -0.420. The van der Waals surface area contributed by atoms with Crippen LogP contribution in [-0.2, 0) is 6.54 Å². The van der Waals surface area contributed by atoms with Gasteiger partial charge in [-0.2, -0.15) is 0 Å². The lowest BCUT2D eigenvalue weighted by molar-refractivity contribution is 0.0942. The first kappa shape index (κ1) is 11.7. The number of halogens is 1. The van der Waals surface area contributed by atoms with Crippen LogP contribution in [-0.4, -0.2) is 29.5 Å². The molecule has 3 nitrogen and oxygen atoms in total. The van der Waals surface area contributed by atoms with Crippen LogP contribution in [0, 0.1) is 0 Å². The second-order valence-electron chi connectivity index (χ2n) is 3.06. The molecule has 0 saturated carbocycles. The van der Waals surface area contributed by atoms with E-state index in [2.05, 4.69) is 21.2 Å². The minimum absolute atomic E-state index is 0.205. The highest BCUT2D eigenvalue weighted by Crippen LogP contribution is 2.15. The van der Waals surface area contributed by atoms with Gasteiger partial charge in [0.15, 0.2) is 0 Å². The molecule has 78 valence electrons. The summed E-state index contributed by atoms with van der Waals surface area (Å²) in [6.07, 6.45) is -0.683. The minimum atomic E-state index is -0.683. The fourth-order valence-electron chi connectivity index (χ4n) is 1.08. The van der Waals surface area contributed by atoms with E-state index < -0.39 is 6.10 Å². The van der Waals surface area contributed by atoms with Gasteiger partial charge in [0, 0.05) is 17.6 Å². The van der Waals surface area contributed by atoms with Crippen LogP contribution in [0.5, 0.6) is 0 Å². The Labute approximate surface area is 91.9 Å².